The summed E-state index contributed by atoms with van der Waals surface area (Å²) in [6.45, 7) is 2.36. The van der Waals surface area contributed by atoms with Crippen LogP contribution in [-0.4, -0.2) is 46.8 Å². The lowest BCUT2D eigenvalue weighted by Gasteiger charge is -2.32. The number of aliphatic hydroxyl groups excluding tert-OH is 1. The first kappa shape index (κ1) is 13.8. The van der Waals surface area contributed by atoms with E-state index in [2.05, 4.69) is 4.90 Å². The summed E-state index contributed by atoms with van der Waals surface area (Å²) in [5, 5.41) is 19.0. The Morgan fingerprint density at radius 3 is 2.33 bits per heavy atom. The maximum absolute atomic E-state index is 10.8. The summed E-state index contributed by atoms with van der Waals surface area (Å²) in [6, 6.07) is 0. The smallest absolute Gasteiger partial charge is 0.306 e. The van der Waals surface area contributed by atoms with Crippen LogP contribution >= 0.6 is 0 Å². The number of likely N-dealkylation sites (tertiary alicyclic amines) is 1. The number of piperidine rings is 1. The zero-order valence-electron chi connectivity index (χ0n) is 11.1. The zero-order valence-corrected chi connectivity index (χ0v) is 11.1. The van der Waals surface area contributed by atoms with Crippen LogP contribution in [0.4, 0.5) is 0 Å². The topological polar surface area (TPSA) is 60.8 Å². The number of β-amino-alcohol motifs (C(OH)–C–C–N with tert-alkyl or cyclic N) is 1. The van der Waals surface area contributed by atoms with Gasteiger partial charge >= 0.3 is 5.97 Å². The van der Waals surface area contributed by atoms with Crippen LogP contribution in [0.25, 0.3) is 0 Å². The number of aliphatic hydroxyl groups is 1. The molecular formula is C14H25NO3. The molecule has 2 rings (SSSR count). The fraction of sp³-hybridized carbons (Fsp3) is 0.929. The standard InChI is InChI=1S/C14H25NO3/c16-13(9-11-3-1-2-4-11)10-15-7-5-12(6-8-15)14(17)18/h11-13,16H,1-10H2,(H,17,18). The Bertz CT molecular complexity index is 268. The second-order valence-electron chi connectivity index (χ2n) is 5.95. The molecule has 0 spiro atoms. The largest absolute Gasteiger partial charge is 0.481 e. The first-order chi connectivity index (χ1) is 8.65. The van der Waals surface area contributed by atoms with E-state index >= 15 is 0 Å². The van der Waals surface area contributed by atoms with Crippen molar-refractivity contribution in [3.63, 3.8) is 0 Å². The van der Waals surface area contributed by atoms with Crippen molar-refractivity contribution >= 4 is 5.97 Å². The van der Waals surface area contributed by atoms with Gasteiger partial charge in [0.05, 0.1) is 12.0 Å². The number of carboxylic acids is 1. The predicted octanol–water partition coefficient (Wildman–Crippen LogP) is 1.72. The molecule has 1 heterocycles. The average Bonchev–Trinajstić information content (AvgIpc) is 2.82. The van der Waals surface area contributed by atoms with Gasteiger partial charge in [0.15, 0.2) is 0 Å². The molecule has 104 valence electrons. The number of aliphatic carboxylic acids is 1. The van der Waals surface area contributed by atoms with Gasteiger partial charge in [-0.05, 0) is 38.3 Å². The molecule has 0 bridgehead atoms. The number of hydrogen-bond donors (Lipinski definition) is 2. The molecule has 2 aliphatic rings. The Labute approximate surface area is 109 Å². The summed E-state index contributed by atoms with van der Waals surface area (Å²) >= 11 is 0. The second kappa shape index (κ2) is 6.53. The molecule has 18 heavy (non-hydrogen) atoms. The van der Waals surface area contributed by atoms with Crippen molar-refractivity contribution in [1.29, 1.82) is 0 Å². The van der Waals surface area contributed by atoms with Gasteiger partial charge in [0.25, 0.3) is 0 Å². The highest BCUT2D eigenvalue weighted by Gasteiger charge is 2.26. The van der Waals surface area contributed by atoms with Crippen molar-refractivity contribution in [2.75, 3.05) is 19.6 Å². The maximum atomic E-state index is 10.8. The first-order valence-electron chi connectivity index (χ1n) is 7.28. The minimum absolute atomic E-state index is 0.173. The van der Waals surface area contributed by atoms with Gasteiger partial charge in [-0.3, -0.25) is 4.79 Å². The van der Waals surface area contributed by atoms with Gasteiger partial charge in [-0.15, -0.1) is 0 Å². The minimum atomic E-state index is -0.666. The molecule has 0 aromatic rings. The molecule has 1 aliphatic carbocycles. The molecule has 4 nitrogen and oxygen atoms in total. The van der Waals surface area contributed by atoms with E-state index in [1.165, 1.54) is 25.7 Å². The zero-order chi connectivity index (χ0) is 13.0. The fourth-order valence-electron chi connectivity index (χ4n) is 3.37. The number of hydrogen-bond acceptors (Lipinski definition) is 3. The lowest BCUT2D eigenvalue weighted by molar-refractivity contribution is -0.143. The van der Waals surface area contributed by atoms with Crippen molar-refractivity contribution in [3.8, 4) is 0 Å². The molecule has 2 N–H and O–H groups in total. The maximum Gasteiger partial charge on any atom is 0.306 e. The Hall–Kier alpha value is -0.610. The fourth-order valence-corrected chi connectivity index (χ4v) is 3.37. The van der Waals surface area contributed by atoms with Crippen LogP contribution in [0.1, 0.15) is 44.9 Å². The van der Waals surface area contributed by atoms with E-state index in [0.717, 1.165) is 44.8 Å². The number of nitrogens with zero attached hydrogens (tertiary/aromatic N) is 1. The third-order valence-corrected chi connectivity index (χ3v) is 4.49. The molecule has 0 aromatic carbocycles. The summed E-state index contributed by atoms with van der Waals surface area (Å²) < 4.78 is 0. The van der Waals surface area contributed by atoms with Gasteiger partial charge in [-0.2, -0.15) is 0 Å². The van der Waals surface area contributed by atoms with E-state index in [4.69, 9.17) is 5.11 Å². The molecular weight excluding hydrogens is 230 g/mol. The van der Waals surface area contributed by atoms with E-state index < -0.39 is 5.97 Å². The molecule has 4 heteroatoms. The van der Waals surface area contributed by atoms with Crippen LogP contribution in [0.15, 0.2) is 0 Å². The van der Waals surface area contributed by atoms with Crippen LogP contribution in [0.3, 0.4) is 0 Å². The van der Waals surface area contributed by atoms with E-state index in [1.807, 2.05) is 0 Å². The van der Waals surface area contributed by atoms with E-state index in [0.29, 0.717) is 0 Å². The van der Waals surface area contributed by atoms with Gasteiger partial charge in [-0.1, -0.05) is 25.7 Å². The lowest BCUT2D eigenvalue weighted by atomic mass is 9.95. The summed E-state index contributed by atoms with van der Waals surface area (Å²) in [7, 11) is 0. The Balaban J connectivity index is 1.65. The normalized spacial score (nSPS) is 25.4. The second-order valence-corrected chi connectivity index (χ2v) is 5.95. The molecule has 1 saturated carbocycles. The molecule has 0 aromatic heterocycles. The van der Waals surface area contributed by atoms with Gasteiger partial charge in [0.2, 0.25) is 0 Å². The third kappa shape index (κ3) is 3.95. The highest BCUT2D eigenvalue weighted by Crippen LogP contribution is 2.29. The number of carbonyl (C=O) groups is 1. The molecule has 1 unspecified atom stereocenters. The van der Waals surface area contributed by atoms with Gasteiger partial charge in [-0.25, -0.2) is 0 Å². The van der Waals surface area contributed by atoms with E-state index in [9.17, 15) is 9.90 Å². The highest BCUT2D eigenvalue weighted by molar-refractivity contribution is 5.70. The molecule has 0 radical (unpaired) electrons. The van der Waals surface area contributed by atoms with Crippen LogP contribution < -0.4 is 0 Å². The Morgan fingerprint density at radius 2 is 1.78 bits per heavy atom. The summed E-state index contributed by atoms with van der Waals surface area (Å²) in [5.41, 5.74) is 0. The Kier molecular flexibility index (Phi) is 5.01. The predicted molar refractivity (Wildman–Crippen MR) is 69.4 cm³/mol. The summed E-state index contributed by atoms with van der Waals surface area (Å²) in [6.07, 6.45) is 7.35. The monoisotopic (exact) mass is 255 g/mol. The lowest BCUT2D eigenvalue weighted by Crippen LogP contribution is -2.40. The molecule has 2 fully saturated rings. The van der Waals surface area contributed by atoms with Crippen molar-refractivity contribution in [3.05, 3.63) is 0 Å². The molecule has 0 amide bonds. The number of rotatable bonds is 5. The quantitative estimate of drug-likeness (QED) is 0.785. The van der Waals surface area contributed by atoms with Crippen LogP contribution in [0.2, 0.25) is 0 Å². The van der Waals surface area contributed by atoms with Crippen molar-refractivity contribution in [2.45, 2.75) is 51.0 Å². The minimum Gasteiger partial charge on any atom is -0.481 e. The Morgan fingerprint density at radius 1 is 1.17 bits per heavy atom. The van der Waals surface area contributed by atoms with Gasteiger partial charge in [0.1, 0.15) is 0 Å². The third-order valence-electron chi connectivity index (χ3n) is 4.49. The first-order valence-corrected chi connectivity index (χ1v) is 7.28. The highest BCUT2D eigenvalue weighted by atomic mass is 16.4. The van der Waals surface area contributed by atoms with Gasteiger partial charge in [0, 0.05) is 6.54 Å². The van der Waals surface area contributed by atoms with Crippen molar-refractivity contribution < 1.29 is 15.0 Å². The summed E-state index contributed by atoms with van der Waals surface area (Å²) in [4.78, 5) is 13.1. The van der Waals surface area contributed by atoms with E-state index in [-0.39, 0.29) is 12.0 Å². The summed E-state index contributed by atoms with van der Waals surface area (Å²) in [5.74, 6) is -0.120. The molecule has 1 saturated heterocycles. The molecule has 1 aliphatic heterocycles. The van der Waals surface area contributed by atoms with Crippen molar-refractivity contribution in [2.24, 2.45) is 11.8 Å². The van der Waals surface area contributed by atoms with Crippen LogP contribution in [-0.2, 0) is 4.79 Å². The van der Waals surface area contributed by atoms with Crippen LogP contribution in [0.5, 0.6) is 0 Å². The number of carboxylic acid groups (broad SMARTS) is 1. The van der Waals surface area contributed by atoms with E-state index in [1.54, 1.807) is 0 Å². The molecule has 1 atom stereocenters. The van der Waals surface area contributed by atoms with Gasteiger partial charge < -0.3 is 15.1 Å². The van der Waals surface area contributed by atoms with Crippen LogP contribution in [0, 0.1) is 11.8 Å². The average molecular weight is 255 g/mol. The SMILES string of the molecule is O=C(O)C1CCN(CC(O)CC2CCCC2)CC1. The van der Waals surface area contributed by atoms with Crippen molar-refractivity contribution in [1.82, 2.24) is 4.90 Å².